The molecule has 2 atom stereocenters. The second-order valence-electron chi connectivity index (χ2n) is 6.31. The lowest BCUT2D eigenvalue weighted by molar-refractivity contribution is 0.204. The minimum atomic E-state index is -0.225. The first-order valence-electron chi connectivity index (χ1n) is 7.98. The van der Waals surface area contributed by atoms with Crippen molar-refractivity contribution >= 4 is 11.7 Å². The largest absolute Gasteiger partial charge is 0.488 e. The highest BCUT2D eigenvalue weighted by molar-refractivity contribution is 5.90. The third-order valence-corrected chi connectivity index (χ3v) is 4.39. The third-order valence-electron chi connectivity index (χ3n) is 4.39. The highest BCUT2D eigenvalue weighted by atomic mass is 16.5. The highest BCUT2D eigenvalue weighted by Gasteiger charge is 2.33. The average molecular weight is 312 g/mol. The summed E-state index contributed by atoms with van der Waals surface area (Å²) in [6, 6.07) is 7.44. The van der Waals surface area contributed by atoms with Gasteiger partial charge >= 0.3 is 6.03 Å². The molecule has 1 aromatic heterocycles. The number of fused-ring (bicyclic) bond motifs is 1. The van der Waals surface area contributed by atoms with Crippen LogP contribution in [0.5, 0.6) is 5.75 Å². The normalized spacial score (nSPS) is 22.3. The molecule has 6 nitrogen and oxygen atoms in total. The fourth-order valence-corrected chi connectivity index (χ4v) is 3.12. The van der Waals surface area contributed by atoms with Gasteiger partial charge in [-0.15, -0.1) is 0 Å². The molecule has 120 valence electrons. The Hall–Kier alpha value is -2.50. The zero-order chi connectivity index (χ0) is 16.0. The van der Waals surface area contributed by atoms with E-state index in [1.807, 2.05) is 44.4 Å². The molecule has 0 radical (unpaired) electrons. The number of benzene rings is 1. The molecule has 23 heavy (non-hydrogen) atoms. The Balaban J connectivity index is 1.48. The molecule has 2 heterocycles. The number of hydrogen-bond acceptors (Lipinski definition) is 3. The number of para-hydroxylation sites is 1. The van der Waals surface area contributed by atoms with Gasteiger partial charge in [0.15, 0.2) is 0 Å². The van der Waals surface area contributed by atoms with Crippen LogP contribution in [-0.2, 0) is 7.05 Å². The molecule has 0 saturated heterocycles. The Bertz CT molecular complexity index is 751. The van der Waals surface area contributed by atoms with Gasteiger partial charge in [0.2, 0.25) is 0 Å². The Morgan fingerprint density at radius 1 is 1.35 bits per heavy atom. The SMILES string of the molecule is C[C@H]1Oc2ccccc2[C@@H]1NC(=O)Nc1cn(C)nc1C1CC1. The number of urea groups is 1. The van der Waals surface area contributed by atoms with Crippen LogP contribution >= 0.6 is 0 Å². The second kappa shape index (κ2) is 5.30. The van der Waals surface area contributed by atoms with E-state index in [2.05, 4.69) is 15.7 Å². The molecule has 2 aliphatic rings. The topological polar surface area (TPSA) is 68.2 Å². The van der Waals surface area contributed by atoms with E-state index in [0.717, 1.165) is 35.5 Å². The first-order valence-corrected chi connectivity index (χ1v) is 7.98. The molecule has 1 aromatic carbocycles. The molecule has 0 unspecified atom stereocenters. The van der Waals surface area contributed by atoms with E-state index in [-0.39, 0.29) is 18.2 Å². The van der Waals surface area contributed by atoms with Gasteiger partial charge in [-0.1, -0.05) is 18.2 Å². The van der Waals surface area contributed by atoms with Crippen molar-refractivity contribution in [3.05, 3.63) is 41.7 Å². The minimum absolute atomic E-state index is 0.0880. The van der Waals surface area contributed by atoms with Gasteiger partial charge in [-0.25, -0.2) is 4.79 Å². The summed E-state index contributed by atoms with van der Waals surface area (Å²) in [7, 11) is 1.87. The first-order chi connectivity index (χ1) is 11.1. The number of aryl methyl sites for hydroxylation is 1. The number of nitrogens with one attached hydrogen (secondary N) is 2. The van der Waals surface area contributed by atoms with Crippen molar-refractivity contribution in [3.8, 4) is 5.75 Å². The molecule has 6 heteroatoms. The van der Waals surface area contributed by atoms with Crippen LogP contribution in [0.15, 0.2) is 30.5 Å². The number of ether oxygens (including phenoxy) is 1. The molecule has 1 aliphatic heterocycles. The molecule has 1 aliphatic carbocycles. The fraction of sp³-hybridized carbons (Fsp3) is 0.412. The van der Waals surface area contributed by atoms with Crippen LogP contribution < -0.4 is 15.4 Å². The van der Waals surface area contributed by atoms with Gasteiger partial charge in [-0.2, -0.15) is 5.10 Å². The van der Waals surface area contributed by atoms with Gasteiger partial charge < -0.3 is 15.4 Å². The van der Waals surface area contributed by atoms with Crippen LogP contribution in [0.2, 0.25) is 0 Å². The minimum Gasteiger partial charge on any atom is -0.488 e. The van der Waals surface area contributed by atoms with E-state index in [1.165, 1.54) is 0 Å². The van der Waals surface area contributed by atoms with Crippen molar-refractivity contribution < 1.29 is 9.53 Å². The lowest BCUT2D eigenvalue weighted by Crippen LogP contribution is -2.36. The van der Waals surface area contributed by atoms with E-state index in [4.69, 9.17) is 4.74 Å². The number of rotatable bonds is 3. The number of hydrogen-bond donors (Lipinski definition) is 2. The van der Waals surface area contributed by atoms with E-state index in [0.29, 0.717) is 5.92 Å². The number of nitrogens with zero attached hydrogens (tertiary/aromatic N) is 2. The summed E-state index contributed by atoms with van der Waals surface area (Å²) in [5.74, 6) is 1.33. The van der Waals surface area contributed by atoms with Crippen LogP contribution in [-0.4, -0.2) is 21.9 Å². The van der Waals surface area contributed by atoms with Crippen molar-refractivity contribution in [1.29, 1.82) is 0 Å². The smallest absolute Gasteiger partial charge is 0.319 e. The standard InChI is InChI=1S/C17H20N4O2/c1-10-15(12-5-3-4-6-14(12)23-10)19-17(22)18-13-9-21(2)20-16(13)11-7-8-11/h3-6,9-11,15H,7-8H2,1-2H3,(H2,18,19,22)/t10-,15-/m1/s1. The Labute approximate surface area is 134 Å². The summed E-state index contributed by atoms with van der Waals surface area (Å²) >= 11 is 0. The summed E-state index contributed by atoms with van der Waals surface area (Å²) < 4.78 is 7.54. The van der Waals surface area contributed by atoms with Crippen molar-refractivity contribution in [2.45, 2.75) is 37.8 Å². The summed E-state index contributed by atoms with van der Waals surface area (Å²) in [4.78, 5) is 12.4. The van der Waals surface area contributed by atoms with Gasteiger partial charge in [0.1, 0.15) is 11.9 Å². The average Bonchev–Trinajstić information content (AvgIpc) is 3.23. The number of anilines is 1. The lowest BCUT2D eigenvalue weighted by Gasteiger charge is -2.17. The van der Waals surface area contributed by atoms with E-state index in [9.17, 15) is 4.79 Å². The van der Waals surface area contributed by atoms with Crippen LogP contribution in [0, 0.1) is 0 Å². The molecule has 0 bridgehead atoms. The molecule has 1 fully saturated rings. The number of carbonyl (C=O) groups excluding carboxylic acids is 1. The van der Waals surface area contributed by atoms with E-state index in [1.54, 1.807) is 4.68 Å². The Morgan fingerprint density at radius 3 is 2.91 bits per heavy atom. The monoisotopic (exact) mass is 312 g/mol. The highest BCUT2D eigenvalue weighted by Crippen LogP contribution is 2.42. The summed E-state index contributed by atoms with van der Waals surface area (Å²) in [5.41, 5.74) is 2.80. The summed E-state index contributed by atoms with van der Waals surface area (Å²) in [6.45, 7) is 1.96. The number of aromatic nitrogens is 2. The maximum absolute atomic E-state index is 12.4. The van der Waals surface area contributed by atoms with Gasteiger partial charge in [0.05, 0.1) is 17.4 Å². The van der Waals surface area contributed by atoms with Crippen molar-refractivity contribution in [2.75, 3.05) is 5.32 Å². The fourth-order valence-electron chi connectivity index (χ4n) is 3.12. The molecule has 1 saturated carbocycles. The zero-order valence-corrected chi connectivity index (χ0v) is 13.2. The molecular weight excluding hydrogens is 292 g/mol. The number of amides is 2. The van der Waals surface area contributed by atoms with E-state index < -0.39 is 0 Å². The van der Waals surface area contributed by atoms with Crippen molar-refractivity contribution in [1.82, 2.24) is 15.1 Å². The van der Waals surface area contributed by atoms with Crippen LogP contribution in [0.3, 0.4) is 0 Å². The van der Waals surface area contributed by atoms with Gasteiger partial charge in [-0.3, -0.25) is 4.68 Å². The van der Waals surface area contributed by atoms with E-state index >= 15 is 0 Å². The maximum Gasteiger partial charge on any atom is 0.319 e. The molecule has 2 aromatic rings. The van der Waals surface area contributed by atoms with Gasteiger partial charge in [-0.05, 0) is 25.8 Å². The molecule has 0 spiro atoms. The van der Waals surface area contributed by atoms with Crippen molar-refractivity contribution in [3.63, 3.8) is 0 Å². The lowest BCUT2D eigenvalue weighted by atomic mass is 10.1. The molecule has 2 amide bonds. The predicted molar refractivity (Wildman–Crippen MR) is 86.6 cm³/mol. The Kier molecular flexibility index (Phi) is 3.25. The zero-order valence-electron chi connectivity index (χ0n) is 13.2. The van der Waals surface area contributed by atoms with Gasteiger partial charge in [0.25, 0.3) is 0 Å². The summed E-state index contributed by atoms with van der Waals surface area (Å²) in [6.07, 6.45) is 4.06. The molecule has 2 N–H and O–H groups in total. The molecular formula is C17H20N4O2. The second-order valence-corrected chi connectivity index (χ2v) is 6.31. The quantitative estimate of drug-likeness (QED) is 0.915. The molecule has 4 rings (SSSR count). The Morgan fingerprint density at radius 2 is 2.13 bits per heavy atom. The van der Waals surface area contributed by atoms with Crippen LogP contribution in [0.4, 0.5) is 10.5 Å². The van der Waals surface area contributed by atoms with Crippen molar-refractivity contribution in [2.24, 2.45) is 7.05 Å². The first kappa shape index (κ1) is 14.1. The van der Waals surface area contributed by atoms with Crippen LogP contribution in [0.1, 0.15) is 43.0 Å². The predicted octanol–water partition coefficient (Wildman–Crippen LogP) is 2.94. The van der Waals surface area contributed by atoms with Gasteiger partial charge in [0, 0.05) is 24.7 Å². The maximum atomic E-state index is 12.4. The van der Waals surface area contributed by atoms with Crippen LogP contribution in [0.25, 0.3) is 0 Å². The number of carbonyl (C=O) groups is 1. The third kappa shape index (κ3) is 2.65. The summed E-state index contributed by atoms with van der Waals surface area (Å²) in [5, 5.41) is 10.4.